The van der Waals surface area contributed by atoms with E-state index in [1.54, 1.807) is 30.3 Å². The van der Waals surface area contributed by atoms with Crippen LogP contribution in [0.25, 0.3) is 10.9 Å². The van der Waals surface area contributed by atoms with Crippen LogP contribution in [0.3, 0.4) is 0 Å². The summed E-state index contributed by atoms with van der Waals surface area (Å²) in [6, 6.07) is 11.7. The van der Waals surface area contributed by atoms with Crippen molar-refractivity contribution in [3.05, 3.63) is 60.2 Å². The number of aromatic hydroxyl groups is 1. The third-order valence-corrected chi connectivity index (χ3v) is 3.34. The number of phenols is 1. The molecular formula is C16H14FN3O. The first-order valence-electron chi connectivity index (χ1n) is 6.60. The Morgan fingerprint density at radius 2 is 1.95 bits per heavy atom. The Balaban J connectivity index is 1.97. The molecule has 0 radical (unpaired) electrons. The molecule has 0 aliphatic carbocycles. The summed E-state index contributed by atoms with van der Waals surface area (Å²) < 4.78 is 13.7. The van der Waals surface area contributed by atoms with E-state index < -0.39 is 0 Å². The fraction of sp³-hybridized carbons (Fsp3) is 0.125. The summed E-state index contributed by atoms with van der Waals surface area (Å²) in [5.74, 6) is 0.401. The molecule has 3 rings (SSSR count). The summed E-state index contributed by atoms with van der Waals surface area (Å²) >= 11 is 0. The van der Waals surface area contributed by atoms with Crippen molar-refractivity contribution in [3.8, 4) is 5.75 Å². The zero-order valence-electron chi connectivity index (χ0n) is 11.4. The molecule has 0 amide bonds. The highest BCUT2D eigenvalue weighted by Gasteiger charge is 2.11. The summed E-state index contributed by atoms with van der Waals surface area (Å²) in [5.41, 5.74) is 1.20. The molecule has 0 saturated heterocycles. The molecule has 2 aromatic carbocycles. The minimum absolute atomic E-state index is 0.0848. The number of phenolic OH excluding ortho intramolecular Hbond substituents is 1. The fourth-order valence-corrected chi connectivity index (χ4v) is 2.25. The van der Waals surface area contributed by atoms with Crippen LogP contribution in [0.2, 0.25) is 0 Å². The highest BCUT2D eigenvalue weighted by Crippen LogP contribution is 2.26. The first kappa shape index (κ1) is 13.3. The minimum Gasteiger partial charge on any atom is -0.508 e. The maximum absolute atomic E-state index is 13.7. The number of nitrogens with one attached hydrogen (secondary N) is 1. The minimum atomic E-state index is -0.372. The molecular weight excluding hydrogens is 269 g/mol. The zero-order valence-corrected chi connectivity index (χ0v) is 11.4. The van der Waals surface area contributed by atoms with Crippen molar-refractivity contribution in [1.82, 2.24) is 9.97 Å². The number of rotatable bonds is 3. The van der Waals surface area contributed by atoms with Crippen molar-refractivity contribution in [2.45, 2.75) is 13.0 Å². The second-order valence-corrected chi connectivity index (χ2v) is 4.82. The summed E-state index contributed by atoms with van der Waals surface area (Å²) in [6.07, 6.45) is 1.34. The van der Waals surface area contributed by atoms with Gasteiger partial charge in [0.1, 0.15) is 29.2 Å². The van der Waals surface area contributed by atoms with Gasteiger partial charge >= 0.3 is 0 Å². The molecule has 0 fully saturated rings. The third kappa shape index (κ3) is 2.63. The summed E-state index contributed by atoms with van der Waals surface area (Å²) in [7, 11) is 0. The second kappa shape index (κ2) is 5.36. The van der Waals surface area contributed by atoms with Gasteiger partial charge in [0.05, 0.1) is 6.04 Å². The molecule has 0 bridgehead atoms. The molecule has 1 heterocycles. The predicted molar refractivity (Wildman–Crippen MR) is 79.6 cm³/mol. The van der Waals surface area contributed by atoms with Crippen LogP contribution in [0.1, 0.15) is 18.5 Å². The van der Waals surface area contributed by atoms with Crippen molar-refractivity contribution in [1.29, 1.82) is 0 Å². The number of anilines is 1. The number of hydrogen-bond acceptors (Lipinski definition) is 4. The van der Waals surface area contributed by atoms with E-state index in [1.807, 2.05) is 13.0 Å². The van der Waals surface area contributed by atoms with Gasteiger partial charge in [0.25, 0.3) is 0 Å². The Morgan fingerprint density at radius 3 is 2.76 bits per heavy atom. The van der Waals surface area contributed by atoms with E-state index >= 15 is 0 Å². The number of aromatic nitrogens is 2. The van der Waals surface area contributed by atoms with E-state index in [0.29, 0.717) is 11.2 Å². The largest absolute Gasteiger partial charge is 0.508 e. The Hall–Kier alpha value is -2.69. The molecule has 1 aromatic heterocycles. The number of nitrogens with zero attached hydrogens (tertiary/aromatic N) is 2. The molecule has 4 nitrogen and oxygen atoms in total. The van der Waals surface area contributed by atoms with Gasteiger partial charge in [-0.2, -0.15) is 0 Å². The predicted octanol–water partition coefficient (Wildman–Crippen LogP) is 3.65. The summed E-state index contributed by atoms with van der Waals surface area (Å²) in [5, 5.41) is 13.4. The standard InChI is InChI=1S/C16H14FN3O/c1-10(11-4-2-5-12(21)8-11)20-16-13-6-3-7-14(17)15(13)18-9-19-16/h2-10,21H,1H3,(H,18,19,20)/t10-/m1/s1. The molecule has 0 saturated carbocycles. The molecule has 0 spiro atoms. The van der Waals surface area contributed by atoms with Gasteiger partial charge in [0.2, 0.25) is 0 Å². The zero-order chi connectivity index (χ0) is 14.8. The molecule has 106 valence electrons. The molecule has 3 aromatic rings. The molecule has 0 unspecified atom stereocenters. The van der Waals surface area contributed by atoms with Crippen LogP contribution < -0.4 is 5.32 Å². The molecule has 0 aliphatic heterocycles. The maximum Gasteiger partial charge on any atom is 0.149 e. The average molecular weight is 283 g/mol. The first-order chi connectivity index (χ1) is 10.1. The van der Waals surface area contributed by atoms with E-state index in [2.05, 4.69) is 15.3 Å². The van der Waals surface area contributed by atoms with E-state index in [9.17, 15) is 9.50 Å². The van der Waals surface area contributed by atoms with Gasteiger partial charge in [-0.1, -0.05) is 18.2 Å². The highest BCUT2D eigenvalue weighted by atomic mass is 19.1. The van der Waals surface area contributed by atoms with Crippen LogP contribution in [0.5, 0.6) is 5.75 Å². The normalized spacial score (nSPS) is 12.3. The SMILES string of the molecule is C[C@@H](Nc1ncnc2c(F)cccc12)c1cccc(O)c1. The Bertz CT molecular complexity index is 791. The van der Waals surface area contributed by atoms with E-state index in [0.717, 1.165) is 5.56 Å². The first-order valence-corrected chi connectivity index (χ1v) is 6.60. The molecule has 21 heavy (non-hydrogen) atoms. The van der Waals surface area contributed by atoms with Gasteiger partial charge in [-0.25, -0.2) is 14.4 Å². The van der Waals surface area contributed by atoms with E-state index in [4.69, 9.17) is 0 Å². The van der Waals surface area contributed by atoms with Crippen molar-refractivity contribution in [2.75, 3.05) is 5.32 Å². The van der Waals surface area contributed by atoms with Crippen molar-refractivity contribution in [3.63, 3.8) is 0 Å². The van der Waals surface area contributed by atoms with Crippen molar-refractivity contribution in [2.24, 2.45) is 0 Å². The number of benzene rings is 2. The lowest BCUT2D eigenvalue weighted by Gasteiger charge is -2.16. The van der Waals surface area contributed by atoms with Gasteiger partial charge in [-0.05, 0) is 36.8 Å². The van der Waals surface area contributed by atoms with Crippen LogP contribution in [0, 0.1) is 5.82 Å². The lowest BCUT2D eigenvalue weighted by molar-refractivity contribution is 0.474. The lowest BCUT2D eigenvalue weighted by atomic mass is 10.1. The van der Waals surface area contributed by atoms with Crippen LogP contribution in [0.4, 0.5) is 10.2 Å². The van der Waals surface area contributed by atoms with E-state index in [1.165, 1.54) is 12.4 Å². The fourth-order valence-electron chi connectivity index (χ4n) is 2.25. The third-order valence-electron chi connectivity index (χ3n) is 3.34. The van der Waals surface area contributed by atoms with Crippen LogP contribution in [-0.4, -0.2) is 15.1 Å². The number of hydrogen-bond donors (Lipinski definition) is 2. The quantitative estimate of drug-likeness (QED) is 0.770. The average Bonchev–Trinajstić information content (AvgIpc) is 2.48. The number of halogens is 1. The van der Waals surface area contributed by atoms with Gasteiger partial charge in [-0.3, -0.25) is 0 Å². The topological polar surface area (TPSA) is 58.0 Å². The lowest BCUT2D eigenvalue weighted by Crippen LogP contribution is -2.08. The second-order valence-electron chi connectivity index (χ2n) is 4.82. The van der Waals surface area contributed by atoms with Crippen molar-refractivity contribution < 1.29 is 9.50 Å². The Labute approximate surface area is 121 Å². The van der Waals surface area contributed by atoms with Crippen LogP contribution >= 0.6 is 0 Å². The van der Waals surface area contributed by atoms with E-state index in [-0.39, 0.29) is 23.1 Å². The van der Waals surface area contributed by atoms with Crippen LogP contribution in [-0.2, 0) is 0 Å². The molecule has 2 N–H and O–H groups in total. The monoisotopic (exact) mass is 283 g/mol. The van der Waals surface area contributed by atoms with Crippen LogP contribution in [0.15, 0.2) is 48.8 Å². The molecule has 5 heteroatoms. The van der Waals surface area contributed by atoms with Gasteiger partial charge in [0.15, 0.2) is 0 Å². The number of fused-ring (bicyclic) bond motifs is 1. The smallest absolute Gasteiger partial charge is 0.149 e. The highest BCUT2D eigenvalue weighted by molar-refractivity contribution is 5.89. The van der Waals surface area contributed by atoms with Crippen molar-refractivity contribution >= 4 is 16.7 Å². The van der Waals surface area contributed by atoms with Gasteiger partial charge in [0, 0.05) is 5.39 Å². The van der Waals surface area contributed by atoms with Gasteiger partial charge < -0.3 is 10.4 Å². The van der Waals surface area contributed by atoms with Gasteiger partial charge in [-0.15, -0.1) is 0 Å². The summed E-state index contributed by atoms with van der Waals surface area (Å²) in [4.78, 5) is 8.15. The molecule has 0 aliphatic rings. The summed E-state index contributed by atoms with van der Waals surface area (Å²) in [6.45, 7) is 1.95. The Morgan fingerprint density at radius 1 is 1.14 bits per heavy atom. The maximum atomic E-state index is 13.7. The Kier molecular flexibility index (Phi) is 3.39. The molecule has 1 atom stereocenters. The number of para-hydroxylation sites is 1.